The number of hydrogen-bond acceptors (Lipinski definition) is 4. The van der Waals surface area contributed by atoms with Crippen LogP contribution in [0.2, 0.25) is 0 Å². The van der Waals surface area contributed by atoms with Gasteiger partial charge >= 0.3 is 0 Å². The van der Waals surface area contributed by atoms with Crippen LogP contribution in [0.25, 0.3) is 0 Å². The fraction of sp³-hybridized carbons (Fsp3) is 0.375. The van der Waals surface area contributed by atoms with Gasteiger partial charge in [-0.15, -0.1) is 0 Å². The van der Waals surface area contributed by atoms with E-state index in [1.807, 2.05) is 12.4 Å². The molecule has 0 spiro atoms. The quantitative estimate of drug-likeness (QED) is 0.908. The van der Waals surface area contributed by atoms with E-state index in [1.54, 1.807) is 13.4 Å². The summed E-state index contributed by atoms with van der Waals surface area (Å²) >= 11 is 0. The Morgan fingerprint density at radius 3 is 2.50 bits per heavy atom. The van der Waals surface area contributed by atoms with Crippen LogP contribution in [0.4, 0.5) is 0 Å². The number of methoxy groups -OCH3 is 1. The zero-order valence-electron chi connectivity index (χ0n) is 12.5. The second-order valence-corrected chi connectivity index (χ2v) is 4.86. The third-order valence-electron chi connectivity index (χ3n) is 3.32. The van der Waals surface area contributed by atoms with E-state index in [-0.39, 0.29) is 6.04 Å². The highest BCUT2D eigenvalue weighted by atomic mass is 16.5. The Morgan fingerprint density at radius 2 is 1.90 bits per heavy atom. The van der Waals surface area contributed by atoms with E-state index in [4.69, 9.17) is 4.74 Å². The topological polar surface area (TPSA) is 47.0 Å². The largest absolute Gasteiger partial charge is 0.496 e. The Kier molecular flexibility index (Phi) is 4.69. The van der Waals surface area contributed by atoms with Crippen LogP contribution in [-0.2, 0) is 0 Å². The molecule has 0 aliphatic rings. The molecule has 1 N–H and O–H groups in total. The van der Waals surface area contributed by atoms with Gasteiger partial charge in [0.15, 0.2) is 0 Å². The number of aromatic nitrogens is 2. The molecule has 4 heteroatoms. The summed E-state index contributed by atoms with van der Waals surface area (Å²) in [6, 6.07) is 4.28. The molecule has 2 aromatic rings. The molecule has 4 nitrogen and oxygen atoms in total. The Bertz CT molecular complexity index is 569. The van der Waals surface area contributed by atoms with E-state index in [0.717, 1.165) is 23.4 Å². The minimum absolute atomic E-state index is 0.0387. The molecule has 0 aliphatic carbocycles. The third kappa shape index (κ3) is 2.96. The molecular weight excluding hydrogens is 250 g/mol. The Hall–Kier alpha value is -1.94. The van der Waals surface area contributed by atoms with Gasteiger partial charge in [-0.25, -0.2) is 9.97 Å². The SMILES string of the molecule is CCNC(c1cncnc1)c1c(C)cc(C)cc1OC. The zero-order valence-corrected chi connectivity index (χ0v) is 12.5. The van der Waals surface area contributed by atoms with Crippen LogP contribution in [0.5, 0.6) is 5.75 Å². The molecule has 1 unspecified atom stereocenters. The Balaban J connectivity index is 2.55. The smallest absolute Gasteiger partial charge is 0.124 e. The summed E-state index contributed by atoms with van der Waals surface area (Å²) in [5.74, 6) is 0.900. The second-order valence-electron chi connectivity index (χ2n) is 4.86. The maximum Gasteiger partial charge on any atom is 0.124 e. The van der Waals surface area contributed by atoms with Crippen molar-refractivity contribution in [3.05, 3.63) is 53.1 Å². The normalized spacial score (nSPS) is 12.2. The van der Waals surface area contributed by atoms with Crippen LogP contribution in [-0.4, -0.2) is 23.6 Å². The van der Waals surface area contributed by atoms with E-state index in [0.29, 0.717) is 0 Å². The molecule has 20 heavy (non-hydrogen) atoms. The lowest BCUT2D eigenvalue weighted by Gasteiger charge is -2.23. The van der Waals surface area contributed by atoms with Crippen LogP contribution in [0.15, 0.2) is 30.9 Å². The van der Waals surface area contributed by atoms with E-state index in [1.165, 1.54) is 11.1 Å². The minimum atomic E-state index is 0.0387. The van der Waals surface area contributed by atoms with Gasteiger partial charge in [0.25, 0.3) is 0 Å². The Morgan fingerprint density at radius 1 is 1.20 bits per heavy atom. The van der Waals surface area contributed by atoms with E-state index in [2.05, 4.69) is 48.2 Å². The van der Waals surface area contributed by atoms with Crippen LogP contribution in [0, 0.1) is 13.8 Å². The third-order valence-corrected chi connectivity index (χ3v) is 3.32. The predicted octanol–water partition coefficient (Wildman–Crippen LogP) is 2.80. The van der Waals surface area contributed by atoms with Gasteiger partial charge < -0.3 is 10.1 Å². The Labute approximate surface area is 120 Å². The number of hydrogen-bond donors (Lipinski definition) is 1. The first-order valence-corrected chi connectivity index (χ1v) is 6.80. The number of aryl methyl sites for hydroxylation is 2. The van der Waals surface area contributed by atoms with Gasteiger partial charge in [-0.1, -0.05) is 13.0 Å². The van der Waals surface area contributed by atoms with Crippen molar-refractivity contribution in [2.45, 2.75) is 26.8 Å². The number of rotatable bonds is 5. The van der Waals surface area contributed by atoms with Gasteiger partial charge in [0.1, 0.15) is 12.1 Å². The van der Waals surface area contributed by atoms with Gasteiger partial charge in [-0.2, -0.15) is 0 Å². The molecule has 106 valence electrons. The number of ether oxygens (including phenoxy) is 1. The van der Waals surface area contributed by atoms with Crippen LogP contribution in [0.3, 0.4) is 0 Å². The second kappa shape index (κ2) is 6.48. The summed E-state index contributed by atoms with van der Waals surface area (Å²) in [4.78, 5) is 8.25. The van der Waals surface area contributed by atoms with Crippen LogP contribution >= 0.6 is 0 Å². The highest BCUT2D eigenvalue weighted by Gasteiger charge is 2.20. The molecule has 0 bridgehead atoms. The lowest BCUT2D eigenvalue weighted by molar-refractivity contribution is 0.403. The van der Waals surface area contributed by atoms with E-state index >= 15 is 0 Å². The van der Waals surface area contributed by atoms with E-state index < -0.39 is 0 Å². The number of nitrogens with one attached hydrogen (secondary N) is 1. The molecule has 0 aliphatic heterocycles. The van der Waals surface area contributed by atoms with Gasteiger partial charge in [0.05, 0.1) is 13.2 Å². The molecule has 1 heterocycles. The van der Waals surface area contributed by atoms with Crippen molar-refractivity contribution in [2.24, 2.45) is 0 Å². The molecular formula is C16H21N3O. The minimum Gasteiger partial charge on any atom is -0.496 e. The van der Waals surface area contributed by atoms with Crippen LogP contribution in [0.1, 0.15) is 35.2 Å². The highest BCUT2D eigenvalue weighted by molar-refractivity contribution is 5.48. The highest BCUT2D eigenvalue weighted by Crippen LogP contribution is 2.33. The van der Waals surface area contributed by atoms with Crippen molar-refractivity contribution in [1.82, 2.24) is 15.3 Å². The average Bonchev–Trinajstić information content (AvgIpc) is 2.45. The van der Waals surface area contributed by atoms with Gasteiger partial charge in [-0.3, -0.25) is 0 Å². The van der Waals surface area contributed by atoms with Gasteiger partial charge in [0, 0.05) is 23.5 Å². The molecule has 0 fully saturated rings. The predicted molar refractivity (Wildman–Crippen MR) is 80.0 cm³/mol. The van der Waals surface area contributed by atoms with Crippen molar-refractivity contribution in [2.75, 3.05) is 13.7 Å². The molecule has 0 amide bonds. The van der Waals surface area contributed by atoms with Crippen molar-refractivity contribution in [3.63, 3.8) is 0 Å². The fourth-order valence-electron chi connectivity index (χ4n) is 2.53. The first-order chi connectivity index (χ1) is 9.67. The summed E-state index contributed by atoms with van der Waals surface area (Å²) in [6.45, 7) is 7.13. The van der Waals surface area contributed by atoms with Gasteiger partial charge in [0.2, 0.25) is 0 Å². The van der Waals surface area contributed by atoms with Gasteiger partial charge in [-0.05, 0) is 37.6 Å². The molecule has 1 atom stereocenters. The number of benzene rings is 1. The summed E-state index contributed by atoms with van der Waals surface area (Å²) in [5.41, 5.74) is 4.59. The average molecular weight is 271 g/mol. The van der Waals surface area contributed by atoms with Crippen molar-refractivity contribution < 1.29 is 4.74 Å². The maximum atomic E-state index is 5.57. The van der Waals surface area contributed by atoms with Crippen molar-refractivity contribution >= 4 is 0 Å². The fourth-order valence-corrected chi connectivity index (χ4v) is 2.53. The lowest BCUT2D eigenvalue weighted by Crippen LogP contribution is -2.23. The summed E-state index contributed by atoms with van der Waals surface area (Å²) in [5, 5.41) is 3.49. The van der Waals surface area contributed by atoms with Crippen molar-refractivity contribution in [1.29, 1.82) is 0 Å². The monoisotopic (exact) mass is 271 g/mol. The molecule has 2 rings (SSSR count). The summed E-state index contributed by atoms with van der Waals surface area (Å²) in [6.07, 6.45) is 5.24. The molecule has 0 saturated heterocycles. The standard InChI is InChI=1S/C16H21N3O/c1-5-19-16(13-8-17-10-18-9-13)15-12(3)6-11(2)7-14(15)20-4/h6-10,16,19H,5H2,1-4H3. The number of nitrogens with zero attached hydrogens (tertiary/aromatic N) is 2. The zero-order chi connectivity index (χ0) is 14.5. The molecule has 1 aromatic carbocycles. The summed E-state index contributed by atoms with van der Waals surface area (Å²) in [7, 11) is 1.71. The first-order valence-electron chi connectivity index (χ1n) is 6.80. The van der Waals surface area contributed by atoms with Crippen LogP contribution < -0.4 is 10.1 Å². The molecule has 1 aromatic heterocycles. The summed E-state index contributed by atoms with van der Waals surface area (Å²) < 4.78 is 5.57. The van der Waals surface area contributed by atoms with Crippen molar-refractivity contribution in [3.8, 4) is 5.75 Å². The molecule has 0 saturated carbocycles. The first kappa shape index (κ1) is 14.5. The maximum absolute atomic E-state index is 5.57. The lowest BCUT2D eigenvalue weighted by atomic mass is 9.94. The van der Waals surface area contributed by atoms with E-state index in [9.17, 15) is 0 Å². The molecule has 0 radical (unpaired) electrons.